The van der Waals surface area contributed by atoms with Gasteiger partial charge in [0.2, 0.25) is 5.91 Å². The maximum atomic E-state index is 12.9. The Kier molecular flexibility index (Phi) is 6.73. The number of alkyl halides is 3. The van der Waals surface area contributed by atoms with Gasteiger partial charge in [-0.2, -0.15) is 13.2 Å². The van der Waals surface area contributed by atoms with Crippen LogP contribution in [0.2, 0.25) is 0 Å². The lowest BCUT2D eigenvalue weighted by Crippen LogP contribution is -2.49. The molecule has 0 saturated carbocycles. The molecule has 1 aromatic heterocycles. The van der Waals surface area contributed by atoms with Gasteiger partial charge in [-0.1, -0.05) is 6.07 Å². The van der Waals surface area contributed by atoms with E-state index in [0.717, 1.165) is 36.7 Å². The van der Waals surface area contributed by atoms with Crippen LogP contribution in [0, 0.1) is 0 Å². The number of halogens is 3. The van der Waals surface area contributed by atoms with Crippen LogP contribution < -0.4 is 15.0 Å². The van der Waals surface area contributed by atoms with Gasteiger partial charge >= 0.3 is 6.18 Å². The zero-order chi connectivity index (χ0) is 23.4. The van der Waals surface area contributed by atoms with Gasteiger partial charge < -0.3 is 19.9 Å². The molecule has 0 spiro atoms. The molecule has 1 aliphatic rings. The number of ether oxygens (including phenoxy) is 1. The molecule has 1 N–H and O–H groups in total. The number of piperazine rings is 1. The lowest BCUT2D eigenvalue weighted by molar-refractivity contribution is -0.137. The normalized spacial score (nSPS) is 14.3. The Labute approximate surface area is 193 Å². The molecule has 0 atom stereocenters. The molecule has 174 valence electrons. The summed E-state index contributed by atoms with van der Waals surface area (Å²) < 4.78 is 43.9. The van der Waals surface area contributed by atoms with Gasteiger partial charge in [-0.05, 0) is 42.5 Å². The number of nitrogens with zero attached hydrogens (tertiary/aromatic N) is 3. The number of methoxy groups -OCH3 is 1. The van der Waals surface area contributed by atoms with Gasteiger partial charge in [0, 0.05) is 42.9 Å². The van der Waals surface area contributed by atoms with Crippen molar-refractivity contribution >= 4 is 33.8 Å². The molecule has 4 rings (SSSR count). The van der Waals surface area contributed by atoms with E-state index in [1.165, 1.54) is 17.4 Å². The van der Waals surface area contributed by atoms with Crippen LogP contribution >= 0.6 is 11.3 Å². The van der Waals surface area contributed by atoms with Crippen molar-refractivity contribution in [3.05, 3.63) is 65.2 Å². The first kappa shape index (κ1) is 22.9. The van der Waals surface area contributed by atoms with Gasteiger partial charge in [-0.3, -0.25) is 4.79 Å². The third-order valence-corrected chi connectivity index (χ3v) is 6.20. The Morgan fingerprint density at radius 1 is 1.12 bits per heavy atom. The predicted octanol–water partition coefficient (Wildman–Crippen LogP) is 4.81. The minimum atomic E-state index is -4.41. The zero-order valence-corrected chi connectivity index (χ0v) is 18.7. The van der Waals surface area contributed by atoms with Crippen LogP contribution in [0.3, 0.4) is 0 Å². The van der Waals surface area contributed by atoms with Crippen LogP contribution in [-0.2, 0) is 17.4 Å². The Bertz CT molecular complexity index is 1090. The molecule has 1 fully saturated rings. The first-order valence-electron chi connectivity index (χ1n) is 10.4. The lowest BCUT2D eigenvalue weighted by atomic mass is 10.2. The van der Waals surface area contributed by atoms with Gasteiger partial charge in [0.25, 0.3) is 0 Å². The molecule has 0 unspecified atom stereocenters. The van der Waals surface area contributed by atoms with E-state index in [0.29, 0.717) is 29.6 Å². The average Bonchev–Trinajstić information content (AvgIpc) is 3.25. The van der Waals surface area contributed by atoms with Crippen molar-refractivity contribution < 1.29 is 22.7 Å². The molecule has 10 heteroatoms. The maximum Gasteiger partial charge on any atom is 0.416 e. The Morgan fingerprint density at radius 2 is 1.85 bits per heavy atom. The molecule has 6 nitrogen and oxygen atoms in total. The maximum absolute atomic E-state index is 12.9. The molecule has 2 aromatic carbocycles. The van der Waals surface area contributed by atoms with Crippen LogP contribution in [0.1, 0.15) is 11.3 Å². The van der Waals surface area contributed by atoms with Gasteiger partial charge in [0.1, 0.15) is 5.75 Å². The van der Waals surface area contributed by atoms with E-state index in [-0.39, 0.29) is 12.3 Å². The zero-order valence-electron chi connectivity index (χ0n) is 17.9. The summed E-state index contributed by atoms with van der Waals surface area (Å²) in [6.07, 6.45) is -4.25. The minimum absolute atomic E-state index is 0.0136. The second kappa shape index (κ2) is 9.70. The van der Waals surface area contributed by atoms with Crippen LogP contribution in [0.15, 0.2) is 53.9 Å². The van der Waals surface area contributed by atoms with E-state index in [1.807, 2.05) is 29.2 Å². The highest BCUT2D eigenvalue weighted by Crippen LogP contribution is 2.32. The van der Waals surface area contributed by atoms with E-state index in [9.17, 15) is 18.0 Å². The Hall–Kier alpha value is -3.27. The number of anilines is 3. The number of amides is 1. The predicted molar refractivity (Wildman–Crippen MR) is 122 cm³/mol. The summed E-state index contributed by atoms with van der Waals surface area (Å²) in [7, 11) is 1.63. The summed E-state index contributed by atoms with van der Waals surface area (Å²) in [6.45, 7) is 2.70. The average molecular weight is 477 g/mol. The number of carbonyl (C=O) groups excluding carboxylic acids is 1. The largest absolute Gasteiger partial charge is 0.497 e. The molecular formula is C23H23F3N4O2S. The van der Waals surface area contributed by atoms with Crippen molar-refractivity contribution in [2.75, 3.05) is 43.5 Å². The standard InChI is InChI=1S/C23H23F3N4O2S/c1-32-20-7-5-19(6-8-20)29-9-11-30(12-10-29)21(31)14-18-15-33-22(28-18)27-17-4-2-3-16(13-17)23(24,25)26/h2-8,13,15H,9-12,14H2,1H3,(H,27,28). The minimum Gasteiger partial charge on any atom is -0.497 e. The second-order valence-corrected chi connectivity index (χ2v) is 8.45. The number of hydrogen-bond acceptors (Lipinski definition) is 6. The summed E-state index contributed by atoms with van der Waals surface area (Å²) in [5.74, 6) is 0.790. The quantitative estimate of drug-likeness (QED) is 0.554. The molecule has 1 amide bonds. The van der Waals surface area contributed by atoms with Crippen LogP contribution in [-0.4, -0.2) is 49.1 Å². The monoisotopic (exact) mass is 476 g/mol. The Balaban J connectivity index is 1.30. The van der Waals surface area contributed by atoms with Crippen molar-refractivity contribution in [1.82, 2.24) is 9.88 Å². The van der Waals surface area contributed by atoms with E-state index >= 15 is 0 Å². The molecule has 0 aliphatic carbocycles. The summed E-state index contributed by atoms with van der Waals surface area (Å²) in [4.78, 5) is 21.1. The van der Waals surface area contributed by atoms with Crippen molar-refractivity contribution in [3.63, 3.8) is 0 Å². The van der Waals surface area contributed by atoms with E-state index in [1.54, 1.807) is 18.6 Å². The van der Waals surface area contributed by atoms with Crippen molar-refractivity contribution in [2.45, 2.75) is 12.6 Å². The number of hydrogen-bond donors (Lipinski definition) is 1. The highest BCUT2D eigenvalue weighted by molar-refractivity contribution is 7.13. The lowest BCUT2D eigenvalue weighted by Gasteiger charge is -2.36. The molecule has 1 aliphatic heterocycles. The molecular weight excluding hydrogens is 453 g/mol. The third-order valence-electron chi connectivity index (χ3n) is 5.40. The first-order valence-corrected chi connectivity index (χ1v) is 11.3. The van der Waals surface area contributed by atoms with E-state index in [2.05, 4.69) is 15.2 Å². The van der Waals surface area contributed by atoms with Gasteiger partial charge in [-0.15, -0.1) is 11.3 Å². The summed E-state index contributed by atoms with van der Waals surface area (Å²) in [6, 6.07) is 12.8. The van der Waals surface area contributed by atoms with Gasteiger partial charge in [0.15, 0.2) is 5.13 Å². The number of nitrogens with one attached hydrogen (secondary N) is 1. The van der Waals surface area contributed by atoms with Crippen molar-refractivity contribution in [3.8, 4) is 5.75 Å². The first-order chi connectivity index (χ1) is 15.8. The topological polar surface area (TPSA) is 57.7 Å². The van der Waals surface area contributed by atoms with Crippen LogP contribution in [0.25, 0.3) is 0 Å². The number of aromatic nitrogens is 1. The summed E-state index contributed by atoms with van der Waals surface area (Å²) in [5.41, 5.74) is 1.25. The highest BCUT2D eigenvalue weighted by Gasteiger charge is 2.30. The fourth-order valence-corrected chi connectivity index (χ4v) is 4.35. The summed E-state index contributed by atoms with van der Waals surface area (Å²) >= 11 is 1.25. The number of benzene rings is 2. The fraction of sp³-hybridized carbons (Fsp3) is 0.304. The molecule has 33 heavy (non-hydrogen) atoms. The smallest absolute Gasteiger partial charge is 0.416 e. The molecule has 1 saturated heterocycles. The van der Waals surface area contributed by atoms with E-state index in [4.69, 9.17) is 4.74 Å². The molecule has 2 heterocycles. The third kappa shape index (κ3) is 5.75. The second-order valence-electron chi connectivity index (χ2n) is 7.59. The van der Waals surface area contributed by atoms with Crippen molar-refractivity contribution in [1.29, 1.82) is 0 Å². The number of carbonyl (C=O) groups is 1. The molecule has 3 aromatic rings. The van der Waals surface area contributed by atoms with Gasteiger partial charge in [0.05, 0.1) is 24.8 Å². The summed E-state index contributed by atoms with van der Waals surface area (Å²) in [5, 5.41) is 5.09. The fourth-order valence-electron chi connectivity index (χ4n) is 3.62. The van der Waals surface area contributed by atoms with E-state index < -0.39 is 11.7 Å². The van der Waals surface area contributed by atoms with Crippen LogP contribution in [0.4, 0.5) is 29.7 Å². The number of rotatable bonds is 6. The number of thiazole rings is 1. The highest BCUT2D eigenvalue weighted by atomic mass is 32.1. The molecule has 0 bridgehead atoms. The van der Waals surface area contributed by atoms with Crippen molar-refractivity contribution in [2.24, 2.45) is 0 Å². The Morgan fingerprint density at radius 3 is 2.52 bits per heavy atom. The van der Waals surface area contributed by atoms with Gasteiger partial charge in [-0.25, -0.2) is 4.98 Å². The molecule has 0 radical (unpaired) electrons. The SMILES string of the molecule is COc1ccc(N2CCN(C(=O)Cc3csc(Nc4cccc(C(F)(F)F)c4)n3)CC2)cc1. The van der Waals surface area contributed by atoms with Crippen LogP contribution in [0.5, 0.6) is 5.75 Å².